The second kappa shape index (κ2) is 4.17. The zero-order valence-electron chi connectivity index (χ0n) is 6.56. The van der Waals surface area contributed by atoms with Crippen molar-refractivity contribution in [1.82, 2.24) is 0 Å². The molecule has 0 aromatic carbocycles. The quantitative estimate of drug-likeness (QED) is 0.315. The average Bonchev–Trinajstić information content (AvgIpc) is 1.97. The van der Waals surface area contributed by atoms with E-state index in [0.717, 1.165) is 13.4 Å². The van der Waals surface area contributed by atoms with Crippen LogP contribution >= 0.6 is 0 Å². The van der Waals surface area contributed by atoms with Gasteiger partial charge in [-0.15, -0.1) is 0 Å². The Morgan fingerprint density at radius 1 is 1.33 bits per heavy atom. The van der Waals surface area contributed by atoms with Gasteiger partial charge in [0.1, 0.15) is 6.61 Å². The van der Waals surface area contributed by atoms with Gasteiger partial charge in [0.15, 0.2) is 0 Å². The Bertz CT molecular complexity index is 276. The second-order valence-electron chi connectivity index (χ2n) is 1.88. The summed E-state index contributed by atoms with van der Waals surface area (Å²) in [6, 6.07) is 0. The Morgan fingerprint density at radius 3 is 2.17 bits per heavy atom. The highest BCUT2D eigenvalue weighted by molar-refractivity contribution is 7.86. The minimum absolute atomic E-state index is 0.775. The summed E-state index contributed by atoms with van der Waals surface area (Å²) < 4.78 is 28.7. The number of Topliss-reactive ketones (excluding diaryl/α,β-unsaturated/α-hetero) is 1. The number of hydrogen-bond donors (Lipinski definition) is 0. The summed E-state index contributed by atoms with van der Waals surface area (Å²) in [5, 5.41) is 0. The van der Waals surface area contributed by atoms with Crippen molar-refractivity contribution in [2.75, 3.05) is 20.0 Å². The molecule has 0 heterocycles. The van der Waals surface area contributed by atoms with E-state index >= 15 is 0 Å². The number of ketones is 1. The van der Waals surface area contributed by atoms with Crippen LogP contribution in [0.5, 0.6) is 0 Å². The molecule has 12 heavy (non-hydrogen) atoms. The van der Waals surface area contributed by atoms with Gasteiger partial charge in [-0.2, -0.15) is 8.42 Å². The molecule has 0 bridgehead atoms. The largest absolute Gasteiger partial charge is 0.463 e. The molecule has 0 aliphatic heterocycles. The van der Waals surface area contributed by atoms with Gasteiger partial charge in [-0.25, -0.2) is 4.79 Å². The Labute approximate surface area is 69.6 Å². The molecule has 0 fully saturated rings. The van der Waals surface area contributed by atoms with Gasteiger partial charge in [-0.1, -0.05) is 0 Å². The standard InChI is InChI=1S/C5H8O6S/c1-10-5(7)4(6)3-11-12(2,8)9/h3H2,1-2H3. The molecule has 6 nitrogen and oxygen atoms in total. The molecule has 70 valence electrons. The molecule has 7 heteroatoms. The van der Waals surface area contributed by atoms with E-state index in [4.69, 9.17) is 0 Å². The van der Waals surface area contributed by atoms with Crippen LogP contribution in [-0.2, 0) is 28.6 Å². The fourth-order valence-corrected chi connectivity index (χ4v) is 0.654. The Balaban J connectivity index is 3.97. The summed E-state index contributed by atoms with van der Waals surface area (Å²) in [4.78, 5) is 20.9. The number of hydrogen-bond acceptors (Lipinski definition) is 6. The maximum Gasteiger partial charge on any atom is 0.376 e. The lowest BCUT2D eigenvalue weighted by molar-refractivity contribution is -0.152. The van der Waals surface area contributed by atoms with E-state index < -0.39 is 28.5 Å². The van der Waals surface area contributed by atoms with Crippen LogP contribution in [0.15, 0.2) is 0 Å². The molecular formula is C5H8O6S. The molecule has 0 aromatic heterocycles. The highest BCUT2D eigenvalue weighted by Gasteiger charge is 2.16. The third-order valence-electron chi connectivity index (χ3n) is 0.817. The third-order valence-corrected chi connectivity index (χ3v) is 1.36. The fourth-order valence-electron chi connectivity index (χ4n) is 0.333. The molecule has 0 atom stereocenters. The molecule has 0 saturated heterocycles. The van der Waals surface area contributed by atoms with Gasteiger partial charge < -0.3 is 4.74 Å². The van der Waals surface area contributed by atoms with Crippen LogP contribution in [0.1, 0.15) is 0 Å². The molecule has 0 aromatic rings. The minimum atomic E-state index is -3.69. The van der Waals surface area contributed by atoms with Gasteiger partial charge in [0, 0.05) is 0 Å². The van der Waals surface area contributed by atoms with E-state index in [1.165, 1.54) is 0 Å². The zero-order chi connectivity index (χ0) is 9.78. The molecule has 0 N–H and O–H groups in total. The maximum atomic E-state index is 10.6. The number of methoxy groups -OCH3 is 1. The first-order valence-corrected chi connectivity index (χ1v) is 4.64. The average molecular weight is 196 g/mol. The number of carbonyl (C=O) groups excluding carboxylic acids is 2. The molecule has 0 saturated carbocycles. The summed E-state index contributed by atoms with van der Waals surface area (Å²) in [6.07, 6.45) is 0.775. The Hall–Kier alpha value is -0.950. The van der Waals surface area contributed by atoms with E-state index in [0.29, 0.717) is 0 Å². The molecule has 0 unspecified atom stereocenters. The lowest BCUT2D eigenvalue weighted by atomic mass is 10.4. The monoisotopic (exact) mass is 196 g/mol. The minimum Gasteiger partial charge on any atom is -0.463 e. The summed E-state index contributed by atoms with van der Waals surface area (Å²) in [6.45, 7) is -0.814. The van der Waals surface area contributed by atoms with Crippen molar-refractivity contribution < 1.29 is 26.9 Å². The SMILES string of the molecule is COC(=O)C(=O)COS(C)(=O)=O. The summed E-state index contributed by atoms with van der Waals surface area (Å²) in [5.41, 5.74) is 0. The predicted molar refractivity (Wildman–Crippen MR) is 37.8 cm³/mol. The van der Waals surface area contributed by atoms with Crippen molar-refractivity contribution in [3.05, 3.63) is 0 Å². The predicted octanol–water partition coefficient (Wildman–Crippen LogP) is -1.30. The van der Waals surface area contributed by atoms with Crippen LogP contribution < -0.4 is 0 Å². The summed E-state index contributed by atoms with van der Waals surface area (Å²) in [7, 11) is -2.67. The van der Waals surface area contributed by atoms with E-state index in [2.05, 4.69) is 8.92 Å². The number of rotatable bonds is 4. The van der Waals surface area contributed by atoms with Gasteiger partial charge in [0.25, 0.3) is 15.9 Å². The zero-order valence-corrected chi connectivity index (χ0v) is 7.38. The van der Waals surface area contributed by atoms with Crippen molar-refractivity contribution in [1.29, 1.82) is 0 Å². The highest BCUT2D eigenvalue weighted by Crippen LogP contribution is 1.88. The van der Waals surface area contributed by atoms with Gasteiger partial charge in [0.2, 0.25) is 0 Å². The van der Waals surface area contributed by atoms with Gasteiger partial charge in [-0.3, -0.25) is 8.98 Å². The first kappa shape index (κ1) is 11.1. The van der Waals surface area contributed by atoms with Crippen molar-refractivity contribution in [3.63, 3.8) is 0 Å². The first-order chi connectivity index (χ1) is 5.37. The van der Waals surface area contributed by atoms with Crippen LogP contribution in [-0.4, -0.2) is 40.1 Å². The van der Waals surface area contributed by atoms with Gasteiger partial charge in [-0.05, 0) is 0 Å². The number of carbonyl (C=O) groups is 2. The molecule has 0 radical (unpaired) electrons. The van der Waals surface area contributed by atoms with Crippen molar-refractivity contribution in [3.8, 4) is 0 Å². The summed E-state index contributed by atoms with van der Waals surface area (Å²) >= 11 is 0. The molecule has 0 aliphatic carbocycles. The molecule has 0 aliphatic rings. The van der Waals surface area contributed by atoms with Crippen LogP contribution in [0.3, 0.4) is 0 Å². The van der Waals surface area contributed by atoms with E-state index in [1.54, 1.807) is 0 Å². The van der Waals surface area contributed by atoms with Crippen LogP contribution in [0.2, 0.25) is 0 Å². The molecule has 0 amide bonds. The maximum absolute atomic E-state index is 10.6. The van der Waals surface area contributed by atoms with Gasteiger partial charge >= 0.3 is 5.97 Å². The number of ether oxygens (including phenoxy) is 1. The first-order valence-electron chi connectivity index (χ1n) is 2.82. The lowest BCUT2D eigenvalue weighted by Gasteiger charge is -1.98. The molecule has 0 spiro atoms. The fraction of sp³-hybridized carbons (Fsp3) is 0.600. The van der Waals surface area contributed by atoms with E-state index in [1.807, 2.05) is 0 Å². The summed E-state index contributed by atoms with van der Waals surface area (Å²) in [5.74, 6) is -2.17. The van der Waals surface area contributed by atoms with Crippen molar-refractivity contribution in [2.45, 2.75) is 0 Å². The Kier molecular flexibility index (Phi) is 3.84. The van der Waals surface area contributed by atoms with Crippen LogP contribution in [0, 0.1) is 0 Å². The molecule has 0 rings (SSSR count). The van der Waals surface area contributed by atoms with Crippen LogP contribution in [0.4, 0.5) is 0 Å². The van der Waals surface area contributed by atoms with Crippen molar-refractivity contribution >= 4 is 21.9 Å². The van der Waals surface area contributed by atoms with E-state index in [9.17, 15) is 18.0 Å². The normalized spacial score (nSPS) is 10.8. The topological polar surface area (TPSA) is 86.7 Å². The Morgan fingerprint density at radius 2 is 1.83 bits per heavy atom. The highest BCUT2D eigenvalue weighted by atomic mass is 32.2. The molecular weight excluding hydrogens is 188 g/mol. The smallest absolute Gasteiger partial charge is 0.376 e. The van der Waals surface area contributed by atoms with Crippen molar-refractivity contribution in [2.24, 2.45) is 0 Å². The van der Waals surface area contributed by atoms with E-state index in [-0.39, 0.29) is 0 Å². The van der Waals surface area contributed by atoms with Gasteiger partial charge in [0.05, 0.1) is 13.4 Å². The lowest BCUT2D eigenvalue weighted by Crippen LogP contribution is -2.22. The third kappa shape index (κ3) is 4.80. The van der Waals surface area contributed by atoms with Crippen LogP contribution in [0.25, 0.3) is 0 Å². The second-order valence-corrected chi connectivity index (χ2v) is 3.53. The number of esters is 1.